The molecule has 2 aromatic carbocycles. The van der Waals surface area contributed by atoms with Crippen molar-refractivity contribution < 1.29 is 14.3 Å². The van der Waals surface area contributed by atoms with E-state index in [-0.39, 0.29) is 0 Å². The van der Waals surface area contributed by atoms with Gasteiger partial charge in [-0.15, -0.1) is 0 Å². The predicted molar refractivity (Wildman–Crippen MR) is 75.7 cm³/mol. The van der Waals surface area contributed by atoms with Crippen molar-refractivity contribution in [2.75, 3.05) is 7.11 Å². The molecule has 1 amide bonds. The Bertz CT molecular complexity index is 613. The predicted octanol–water partition coefficient (Wildman–Crippen LogP) is 3.35. The quantitative estimate of drug-likeness (QED) is 0.939. The molecule has 4 nitrogen and oxygen atoms in total. The molecule has 0 radical (unpaired) electrons. The fraction of sp³-hybridized carbons (Fsp3) is 0.0714. The summed E-state index contributed by atoms with van der Waals surface area (Å²) in [5.74, 6) is 1.18. The van der Waals surface area contributed by atoms with Gasteiger partial charge >= 0.3 is 0 Å². The first kappa shape index (κ1) is 13.4. The maximum Gasteiger partial charge on any atom is 0.252 e. The van der Waals surface area contributed by atoms with Crippen LogP contribution in [0.15, 0.2) is 46.9 Å². The average Bonchev–Trinajstić information content (AvgIpc) is 2.41. The van der Waals surface area contributed by atoms with Crippen molar-refractivity contribution in [3.63, 3.8) is 0 Å². The third kappa shape index (κ3) is 3.06. The smallest absolute Gasteiger partial charge is 0.252 e. The van der Waals surface area contributed by atoms with Crippen molar-refractivity contribution in [3.8, 4) is 17.2 Å². The molecule has 0 atom stereocenters. The number of carbonyl (C=O) groups is 1. The Labute approximate surface area is 119 Å². The highest BCUT2D eigenvalue weighted by Crippen LogP contribution is 2.33. The number of rotatable bonds is 4. The van der Waals surface area contributed by atoms with Crippen LogP contribution >= 0.6 is 15.9 Å². The lowest BCUT2D eigenvalue weighted by Gasteiger charge is -2.11. The molecule has 0 saturated carbocycles. The van der Waals surface area contributed by atoms with Gasteiger partial charge in [-0.05, 0) is 46.3 Å². The Morgan fingerprint density at radius 1 is 1.16 bits per heavy atom. The van der Waals surface area contributed by atoms with E-state index in [9.17, 15) is 4.79 Å². The van der Waals surface area contributed by atoms with Gasteiger partial charge in [0.2, 0.25) is 0 Å². The molecule has 0 aliphatic rings. The largest absolute Gasteiger partial charge is 0.497 e. The van der Waals surface area contributed by atoms with Crippen LogP contribution in [0.2, 0.25) is 0 Å². The zero-order valence-electron chi connectivity index (χ0n) is 10.2. The molecule has 0 aliphatic carbocycles. The molecule has 0 unspecified atom stereocenters. The second-order valence-corrected chi connectivity index (χ2v) is 4.61. The summed E-state index contributed by atoms with van der Waals surface area (Å²) in [6.45, 7) is 0. The number of methoxy groups -OCH3 is 1. The van der Waals surface area contributed by atoms with Crippen LogP contribution in [0.25, 0.3) is 0 Å². The van der Waals surface area contributed by atoms with E-state index in [4.69, 9.17) is 15.2 Å². The van der Waals surface area contributed by atoms with Crippen LogP contribution < -0.4 is 15.2 Å². The number of nitrogens with two attached hydrogens (primary N) is 1. The van der Waals surface area contributed by atoms with Crippen molar-refractivity contribution in [1.29, 1.82) is 0 Å². The van der Waals surface area contributed by atoms with Gasteiger partial charge in [-0.25, -0.2) is 0 Å². The highest BCUT2D eigenvalue weighted by atomic mass is 79.9. The molecule has 19 heavy (non-hydrogen) atoms. The summed E-state index contributed by atoms with van der Waals surface area (Å²) in [4.78, 5) is 11.3. The third-order valence-electron chi connectivity index (χ3n) is 2.51. The number of primary amides is 1. The number of benzene rings is 2. The molecular formula is C14H12BrNO3. The number of para-hydroxylation sites is 1. The monoisotopic (exact) mass is 321 g/mol. The van der Waals surface area contributed by atoms with Gasteiger partial charge in [0.25, 0.3) is 5.91 Å². The van der Waals surface area contributed by atoms with E-state index in [1.807, 2.05) is 0 Å². The zero-order chi connectivity index (χ0) is 13.8. The van der Waals surface area contributed by atoms with Crippen molar-refractivity contribution in [3.05, 3.63) is 52.5 Å². The lowest BCUT2D eigenvalue weighted by molar-refractivity contribution is 0.0998. The average molecular weight is 322 g/mol. The number of halogens is 1. The molecule has 0 bridgehead atoms. The van der Waals surface area contributed by atoms with Gasteiger partial charge in [0.05, 0.1) is 17.1 Å². The van der Waals surface area contributed by atoms with Gasteiger partial charge in [-0.1, -0.05) is 12.1 Å². The lowest BCUT2D eigenvalue weighted by atomic mass is 10.2. The molecule has 5 heteroatoms. The van der Waals surface area contributed by atoms with E-state index >= 15 is 0 Å². The van der Waals surface area contributed by atoms with E-state index in [0.29, 0.717) is 22.8 Å². The van der Waals surface area contributed by atoms with E-state index < -0.39 is 5.91 Å². The molecule has 2 aromatic rings. The Morgan fingerprint density at radius 2 is 1.89 bits per heavy atom. The Hall–Kier alpha value is -2.01. The van der Waals surface area contributed by atoms with Crippen molar-refractivity contribution in [2.24, 2.45) is 5.73 Å². The molecule has 0 aromatic heterocycles. The molecule has 0 heterocycles. The van der Waals surface area contributed by atoms with Crippen LogP contribution in [0.4, 0.5) is 0 Å². The summed E-state index contributed by atoms with van der Waals surface area (Å²) in [5, 5.41) is 0. The molecule has 2 N–H and O–H groups in total. The maximum absolute atomic E-state index is 11.3. The molecular weight excluding hydrogens is 310 g/mol. The minimum atomic E-state index is -0.528. The summed E-state index contributed by atoms with van der Waals surface area (Å²) >= 11 is 3.39. The van der Waals surface area contributed by atoms with Gasteiger partial charge in [-0.3, -0.25) is 4.79 Å². The number of amides is 1. The van der Waals surface area contributed by atoms with E-state index in [1.165, 1.54) is 0 Å². The van der Waals surface area contributed by atoms with Crippen molar-refractivity contribution in [1.82, 2.24) is 0 Å². The summed E-state index contributed by atoms with van der Waals surface area (Å²) in [7, 11) is 1.59. The minimum absolute atomic E-state index is 0.338. The summed E-state index contributed by atoms with van der Waals surface area (Å²) < 4.78 is 11.5. The number of hydrogen-bond donors (Lipinski definition) is 1. The molecule has 0 spiro atoms. The third-order valence-corrected chi connectivity index (χ3v) is 3.13. The lowest BCUT2D eigenvalue weighted by Crippen LogP contribution is -2.12. The second-order valence-electron chi connectivity index (χ2n) is 3.76. The topological polar surface area (TPSA) is 61.6 Å². The standard InChI is InChI=1S/C14H12BrNO3/c1-18-9-6-7-13(11(15)8-9)19-12-5-3-2-4-10(12)14(16)17/h2-8H,1H3,(H2,16,17). The highest BCUT2D eigenvalue weighted by Gasteiger charge is 2.11. The number of carbonyl (C=O) groups excluding carboxylic acids is 1. The minimum Gasteiger partial charge on any atom is -0.497 e. The summed E-state index contributed by atoms with van der Waals surface area (Å²) in [5.41, 5.74) is 5.64. The van der Waals surface area contributed by atoms with Crippen LogP contribution in [-0.2, 0) is 0 Å². The zero-order valence-corrected chi connectivity index (χ0v) is 11.8. The molecule has 98 valence electrons. The van der Waals surface area contributed by atoms with E-state index in [2.05, 4.69) is 15.9 Å². The van der Waals surface area contributed by atoms with Gasteiger partial charge < -0.3 is 15.2 Å². The van der Waals surface area contributed by atoms with Crippen LogP contribution in [0.1, 0.15) is 10.4 Å². The number of ether oxygens (including phenoxy) is 2. The Balaban J connectivity index is 2.34. The van der Waals surface area contributed by atoms with Gasteiger partial charge in [0.15, 0.2) is 0 Å². The first-order chi connectivity index (χ1) is 9.11. The van der Waals surface area contributed by atoms with Gasteiger partial charge in [0.1, 0.15) is 17.2 Å². The maximum atomic E-state index is 11.3. The van der Waals surface area contributed by atoms with Gasteiger partial charge in [0, 0.05) is 0 Å². The first-order valence-corrected chi connectivity index (χ1v) is 6.31. The van der Waals surface area contributed by atoms with E-state index in [0.717, 1.165) is 4.47 Å². The van der Waals surface area contributed by atoms with Crippen LogP contribution in [0.3, 0.4) is 0 Å². The van der Waals surface area contributed by atoms with Crippen LogP contribution in [0.5, 0.6) is 17.2 Å². The SMILES string of the molecule is COc1ccc(Oc2ccccc2C(N)=O)c(Br)c1. The molecule has 0 aliphatic heterocycles. The summed E-state index contributed by atoms with van der Waals surface area (Å²) in [6, 6.07) is 12.1. The highest BCUT2D eigenvalue weighted by molar-refractivity contribution is 9.10. The molecule has 0 fully saturated rings. The normalized spacial score (nSPS) is 10.0. The van der Waals surface area contributed by atoms with E-state index in [1.54, 1.807) is 49.6 Å². The van der Waals surface area contributed by atoms with Crippen LogP contribution in [-0.4, -0.2) is 13.0 Å². The van der Waals surface area contributed by atoms with Crippen molar-refractivity contribution >= 4 is 21.8 Å². The Kier molecular flexibility index (Phi) is 4.06. The molecule has 0 saturated heterocycles. The fourth-order valence-corrected chi connectivity index (χ4v) is 2.01. The van der Waals surface area contributed by atoms with Gasteiger partial charge in [-0.2, -0.15) is 0 Å². The van der Waals surface area contributed by atoms with Crippen LogP contribution in [0, 0.1) is 0 Å². The van der Waals surface area contributed by atoms with Crippen molar-refractivity contribution in [2.45, 2.75) is 0 Å². The molecule has 2 rings (SSSR count). The second kappa shape index (κ2) is 5.75. The summed E-state index contributed by atoms with van der Waals surface area (Å²) in [6.07, 6.45) is 0. The Morgan fingerprint density at radius 3 is 2.53 bits per heavy atom. The fourth-order valence-electron chi connectivity index (χ4n) is 1.57. The number of hydrogen-bond acceptors (Lipinski definition) is 3. The first-order valence-electron chi connectivity index (χ1n) is 5.52.